The molecule has 0 radical (unpaired) electrons. The van der Waals surface area contributed by atoms with Gasteiger partial charge in [0, 0.05) is 28.5 Å². The van der Waals surface area contributed by atoms with Crippen LogP contribution >= 0.6 is 0 Å². The Morgan fingerprint density at radius 2 is 1.63 bits per heavy atom. The predicted octanol–water partition coefficient (Wildman–Crippen LogP) is 4.01. The minimum Gasteiger partial charge on any atom is -0.325 e. The average Bonchev–Trinajstić information content (AvgIpc) is 3.59. The summed E-state index contributed by atoms with van der Waals surface area (Å²) in [6.07, 6.45) is 1.61. The second-order valence-corrected chi connectivity index (χ2v) is 10.1. The maximum atomic E-state index is 14.6. The third kappa shape index (κ3) is 2.26. The normalized spacial score (nSPS) is 30.3. The largest absolute Gasteiger partial charge is 0.325 e. The minimum atomic E-state index is -1.26. The highest BCUT2D eigenvalue weighted by Crippen LogP contribution is 2.66. The lowest BCUT2D eigenvalue weighted by atomic mass is 9.60. The molecule has 174 valence electrons. The topological polar surface area (TPSA) is 78.5 Å². The Hall–Kier alpha value is -3.77. The number of hydrogen-bond acceptors (Lipinski definition) is 4. The van der Waals surface area contributed by atoms with Gasteiger partial charge in [-0.3, -0.25) is 19.3 Å². The molecular weight excluding hydrogens is 438 g/mol. The van der Waals surface area contributed by atoms with Crippen LogP contribution in [0.1, 0.15) is 39.9 Å². The van der Waals surface area contributed by atoms with Gasteiger partial charge < -0.3 is 10.6 Å². The summed E-state index contributed by atoms with van der Waals surface area (Å²) in [5.41, 5.74) is 2.16. The Balaban J connectivity index is 1.60. The molecule has 2 saturated heterocycles. The summed E-state index contributed by atoms with van der Waals surface area (Å²) < 4.78 is 0. The van der Waals surface area contributed by atoms with Crippen LogP contribution < -0.4 is 10.6 Å². The number of ketones is 1. The van der Waals surface area contributed by atoms with Crippen LogP contribution in [-0.4, -0.2) is 35.1 Å². The van der Waals surface area contributed by atoms with E-state index in [9.17, 15) is 14.4 Å². The van der Waals surface area contributed by atoms with Gasteiger partial charge in [0.1, 0.15) is 11.0 Å². The fourth-order valence-electron chi connectivity index (χ4n) is 7.49. The van der Waals surface area contributed by atoms with Crippen molar-refractivity contribution in [3.8, 4) is 0 Å². The number of anilines is 2. The quantitative estimate of drug-likeness (QED) is 0.563. The molecule has 3 aromatic rings. The second kappa shape index (κ2) is 6.89. The van der Waals surface area contributed by atoms with E-state index in [1.807, 2.05) is 67.6 Å². The molecule has 4 heterocycles. The van der Waals surface area contributed by atoms with Gasteiger partial charge in [0.2, 0.25) is 11.8 Å². The molecule has 3 aromatic carbocycles. The number of carbonyl (C=O) groups excluding carboxylic acids is 3. The smallest absolute Gasteiger partial charge is 0.250 e. The number of hydrogen-bond donors (Lipinski definition) is 2. The van der Waals surface area contributed by atoms with Crippen molar-refractivity contribution >= 4 is 29.0 Å². The van der Waals surface area contributed by atoms with Crippen LogP contribution in [0.5, 0.6) is 0 Å². The van der Waals surface area contributed by atoms with Gasteiger partial charge in [0.25, 0.3) is 0 Å². The number of Topliss-reactive ketones (excluding diaryl/α,β-unsaturated/α-hetero) is 1. The van der Waals surface area contributed by atoms with Crippen molar-refractivity contribution in [2.45, 2.75) is 36.8 Å². The molecule has 6 nitrogen and oxygen atoms in total. The van der Waals surface area contributed by atoms with Crippen LogP contribution in [0, 0.1) is 12.8 Å². The standard InChI is InChI=1S/C29H25N3O3/c1-17-9-7-13-20-23(17)31-27(35)29(20)25(24(33)18-10-3-2-4-11-18)28(22-15-8-16-32(22)29)19-12-5-6-14-21(19)30-26(28)34/h2-7,9-14,22,25H,8,15-16H2,1H3,(H,30,34)(H,31,35)/t22-,25-,28+,29+/m1/s1. The third-order valence-electron chi connectivity index (χ3n) is 8.69. The molecule has 7 rings (SSSR count). The highest BCUT2D eigenvalue weighted by atomic mass is 16.2. The minimum absolute atomic E-state index is 0.170. The molecule has 2 spiro atoms. The van der Waals surface area contributed by atoms with Crippen molar-refractivity contribution in [3.05, 3.63) is 95.1 Å². The van der Waals surface area contributed by atoms with Crippen LogP contribution in [0.2, 0.25) is 0 Å². The van der Waals surface area contributed by atoms with Gasteiger partial charge in [0.15, 0.2) is 5.78 Å². The molecular formula is C29H25N3O3. The molecule has 4 aliphatic heterocycles. The van der Waals surface area contributed by atoms with Gasteiger partial charge in [-0.05, 0) is 43.5 Å². The number of carbonyl (C=O) groups is 3. The van der Waals surface area contributed by atoms with E-state index < -0.39 is 16.9 Å². The van der Waals surface area contributed by atoms with E-state index in [4.69, 9.17) is 0 Å². The monoisotopic (exact) mass is 463 g/mol. The van der Waals surface area contributed by atoms with Gasteiger partial charge in [-0.15, -0.1) is 0 Å². The highest BCUT2D eigenvalue weighted by Gasteiger charge is 2.78. The van der Waals surface area contributed by atoms with Crippen molar-refractivity contribution < 1.29 is 14.4 Å². The fourth-order valence-corrected chi connectivity index (χ4v) is 7.49. The van der Waals surface area contributed by atoms with Crippen molar-refractivity contribution in [2.75, 3.05) is 17.2 Å². The molecule has 6 heteroatoms. The number of aryl methyl sites for hydroxylation is 1. The summed E-state index contributed by atoms with van der Waals surface area (Å²) in [7, 11) is 0. The maximum absolute atomic E-state index is 14.6. The van der Waals surface area contributed by atoms with E-state index in [0.717, 1.165) is 40.9 Å². The predicted molar refractivity (Wildman–Crippen MR) is 132 cm³/mol. The van der Waals surface area contributed by atoms with E-state index in [-0.39, 0.29) is 23.6 Å². The van der Waals surface area contributed by atoms with Crippen molar-refractivity contribution in [2.24, 2.45) is 5.92 Å². The third-order valence-corrected chi connectivity index (χ3v) is 8.69. The van der Waals surface area contributed by atoms with Gasteiger partial charge in [-0.25, -0.2) is 0 Å². The summed E-state index contributed by atoms with van der Waals surface area (Å²) in [6.45, 7) is 2.62. The Labute approximate surface area is 203 Å². The molecule has 2 fully saturated rings. The van der Waals surface area contributed by atoms with E-state index in [0.29, 0.717) is 12.1 Å². The number of rotatable bonds is 2. The molecule has 0 aliphatic carbocycles. The molecule has 0 saturated carbocycles. The van der Waals surface area contributed by atoms with Gasteiger partial charge >= 0.3 is 0 Å². The first-order valence-electron chi connectivity index (χ1n) is 12.2. The van der Waals surface area contributed by atoms with Crippen molar-refractivity contribution in [3.63, 3.8) is 0 Å². The summed E-state index contributed by atoms with van der Waals surface area (Å²) in [4.78, 5) is 45.2. The van der Waals surface area contributed by atoms with Crippen LogP contribution in [-0.2, 0) is 20.5 Å². The average molecular weight is 464 g/mol. The number of nitrogens with zero attached hydrogens (tertiary/aromatic N) is 1. The number of para-hydroxylation sites is 2. The summed E-state index contributed by atoms with van der Waals surface area (Å²) in [6, 6.07) is 22.4. The van der Waals surface area contributed by atoms with E-state index >= 15 is 0 Å². The lowest BCUT2D eigenvalue weighted by Gasteiger charge is -2.38. The maximum Gasteiger partial charge on any atom is 0.250 e. The number of fused-ring (bicyclic) bond motifs is 7. The summed E-state index contributed by atoms with van der Waals surface area (Å²) in [5.74, 6) is -1.47. The number of amides is 2. The lowest BCUT2D eigenvalue weighted by molar-refractivity contribution is -0.128. The van der Waals surface area contributed by atoms with Gasteiger partial charge in [0.05, 0.1) is 5.92 Å². The Bertz CT molecular complexity index is 1430. The number of benzene rings is 3. The summed E-state index contributed by atoms with van der Waals surface area (Å²) in [5, 5.41) is 6.21. The SMILES string of the molecule is Cc1cccc2c1NC(=O)[C@@]21[C@H](C(=O)c2ccccc2)[C@@]2(C(=O)Nc3ccccc32)[C@H]2CCCN21. The fraction of sp³-hybridized carbons (Fsp3) is 0.276. The van der Waals surface area contributed by atoms with Crippen LogP contribution in [0.25, 0.3) is 0 Å². The van der Waals surface area contributed by atoms with Crippen LogP contribution in [0.4, 0.5) is 11.4 Å². The zero-order valence-electron chi connectivity index (χ0n) is 19.4. The van der Waals surface area contributed by atoms with Gasteiger partial charge in [-0.1, -0.05) is 66.7 Å². The first-order chi connectivity index (χ1) is 17.0. The Morgan fingerprint density at radius 1 is 0.886 bits per heavy atom. The first kappa shape index (κ1) is 20.6. The molecule has 0 aromatic heterocycles. The molecule has 2 N–H and O–H groups in total. The molecule has 0 unspecified atom stereocenters. The van der Waals surface area contributed by atoms with E-state index in [1.165, 1.54) is 0 Å². The number of nitrogens with one attached hydrogen (secondary N) is 2. The van der Waals surface area contributed by atoms with Crippen LogP contribution in [0.15, 0.2) is 72.8 Å². The molecule has 35 heavy (non-hydrogen) atoms. The Kier molecular flexibility index (Phi) is 4.05. The molecule has 4 atom stereocenters. The molecule has 4 aliphatic rings. The van der Waals surface area contributed by atoms with Crippen molar-refractivity contribution in [1.29, 1.82) is 0 Å². The summed E-state index contributed by atoms with van der Waals surface area (Å²) >= 11 is 0. The van der Waals surface area contributed by atoms with Crippen LogP contribution in [0.3, 0.4) is 0 Å². The first-order valence-corrected chi connectivity index (χ1v) is 12.2. The van der Waals surface area contributed by atoms with Gasteiger partial charge in [-0.2, -0.15) is 0 Å². The Morgan fingerprint density at radius 3 is 2.46 bits per heavy atom. The van der Waals surface area contributed by atoms with E-state index in [1.54, 1.807) is 12.1 Å². The second-order valence-electron chi connectivity index (χ2n) is 10.1. The lowest BCUT2D eigenvalue weighted by Crippen LogP contribution is -2.55. The molecule has 2 amide bonds. The zero-order valence-corrected chi connectivity index (χ0v) is 19.4. The van der Waals surface area contributed by atoms with Crippen molar-refractivity contribution in [1.82, 2.24) is 4.90 Å². The zero-order chi connectivity index (χ0) is 23.9. The van der Waals surface area contributed by atoms with E-state index in [2.05, 4.69) is 15.5 Å². The highest BCUT2D eigenvalue weighted by molar-refractivity contribution is 6.19. The molecule has 0 bridgehead atoms.